The zero-order valence-corrected chi connectivity index (χ0v) is 16.6. The van der Waals surface area contributed by atoms with Crippen LogP contribution in [0.25, 0.3) is 10.8 Å². The Kier molecular flexibility index (Phi) is 4.89. The summed E-state index contributed by atoms with van der Waals surface area (Å²) in [6.07, 6.45) is 0. The highest BCUT2D eigenvalue weighted by molar-refractivity contribution is 6.65. The highest BCUT2D eigenvalue weighted by atomic mass is 16.7. The van der Waals surface area contributed by atoms with E-state index in [1.165, 1.54) is 0 Å². The number of carbonyl (C=O) groups is 1. The van der Waals surface area contributed by atoms with Crippen LogP contribution in [0.4, 0.5) is 0 Å². The molecule has 0 saturated carbocycles. The molecular formula is C21H28BNO3. The zero-order valence-electron chi connectivity index (χ0n) is 16.6. The lowest BCUT2D eigenvalue weighted by molar-refractivity contribution is 0.00578. The predicted octanol–water partition coefficient (Wildman–Crippen LogP) is 3.62. The highest BCUT2D eigenvalue weighted by Crippen LogP contribution is 2.37. The molecule has 0 spiro atoms. The van der Waals surface area contributed by atoms with E-state index in [1.54, 1.807) is 0 Å². The number of rotatable bonds is 4. The van der Waals surface area contributed by atoms with Crippen LogP contribution in [0.3, 0.4) is 0 Å². The standard InChI is InChI=1S/C21H28BNO3/c1-7-23(8-2)19(24)17-13-14-18(16-12-10-9-11-15(16)17)22-25-20(3,4)21(5,6)26-22/h9-14H,7-8H2,1-6H3. The van der Waals surface area contributed by atoms with E-state index < -0.39 is 18.3 Å². The Morgan fingerprint density at radius 3 is 2.00 bits per heavy atom. The number of hydrogen-bond acceptors (Lipinski definition) is 3. The molecule has 1 aliphatic heterocycles. The number of nitrogens with zero attached hydrogens (tertiary/aromatic N) is 1. The van der Waals surface area contributed by atoms with Crippen LogP contribution in [0.5, 0.6) is 0 Å². The van der Waals surface area contributed by atoms with Crippen LogP contribution in [0, 0.1) is 0 Å². The van der Waals surface area contributed by atoms with Crippen molar-refractivity contribution in [1.82, 2.24) is 4.90 Å². The lowest BCUT2D eigenvalue weighted by Crippen LogP contribution is -2.41. The summed E-state index contributed by atoms with van der Waals surface area (Å²) in [5.74, 6) is 0.0617. The maximum Gasteiger partial charge on any atom is 0.495 e. The number of hydrogen-bond donors (Lipinski definition) is 0. The molecule has 1 saturated heterocycles. The molecule has 3 rings (SSSR count). The predicted molar refractivity (Wildman–Crippen MR) is 107 cm³/mol. The van der Waals surface area contributed by atoms with Crippen molar-refractivity contribution < 1.29 is 14.1 Å². The first-order valence-corrected chi connectivity index (χ1v) is 9.38. The van der Waals surface area contributed by atoms with Gasteiger partial charge in [-0.3, -0.25) is 4.79 Å². The normalized spacial score (nSPS) is 18.3. The lowest BCUT2D eigenvalue weighted by atomic mass is 9.75. The van der Waals surface area contributed by atoms with E-state index >= 15 is 0 Å². The van der Waals surface area contributed by atoms with Crippen LogP contribution in [0.15, 0.2) is 36.4 Å². The van der Waals surface area contributed by atoms with Crippen LogP contribution in [-0.4, -0.2) is 42.2 Å². The van der Waals surface area contributed by atoms with E-state index in [-0.39, 0.29) is 5.91 Å². The lowest BCUT2D eigenvalue weighted by Gasteiger charge is -2.32. The van der Waals surface area contributed by atoms with Crippen molar-refractivity contribution >= 4 is 29.3 Å². The second-order valence-corrected chi connectivity index (χ2v) is 7.81. The molecule has 2 aromatic rings. The van der Waals surface area contributed by atoms with Gasteiger partial charge in [0, 0.05) is 18.7 Å². The molecule has 138 valence electrons. The van der Waals surface area contributed by atoms with Gasteiger partial charge in [0.15, 0.2) is 0 Å². The van der Waals surface area contributed by atoms with Gasteiger partial charge in [-0.15, -0.1) is 0 Å². The fourth-order valence-electron chi connectivity index (χ4n) is 3.37. The molecule has 5 heteroatoms. The Morgan fingerprint density at radius 2 is 1.46 bits per heavy atom. The Morgan fingerprint density at radius 1 is 0.923 bits per heavy atom. The smallest absolute Gasteiger partial charge is 0.399 e. The van der Waals surface area contributed by atoms with Crippen molar-refractivity contribution in [3.63, 3.8) is 0 Å². The van der Waals surface area contributed by atoms with Gasteiger partial charge < -0.3 is 14.2 Å². The molecule has 1 heterocycles. The summed E-state index contributed by atoms with van der Waals surface area (Å²) in [4.78, 5) is 14.8. The summed E-state index contributed by atoms with van der Waals surface area (Å²) in [6.45, 7) is 13.6. The molecule has 0 bridgehead atoms. The van der Waals surface area contributed by atoms with Gasteiger partial charge in [-0.1, -0.05) is 30.3 Å². The Balaban J connectivity index is 2.09. The molecular weight excluding hydrogens is 325 g/mol. The molecule has 2 aromatic carbocycles. The molecule has 1 amide bonds. The van der Waals surface area contributed by atoms with Crippen LogP contribution >= 0.6 is 0 Å². The van der Waals surface area contributed by atoms with Crippen molar-refractivity contribution in [1.29, 1.82) is 0 Å². The highest BCUT2D eigenvalue weighted by Gasteiger charge is 2.52. The van der Waals surface area contributed by atoms with Crippen LogP contribution < -0.4 is 5.46 Å². The van der Waals surface area contributed by atoms with E-state index in [9.17, 15) is 4.79 Å². The molecule has 26 heavy (non-hydrogen) atoms. The van der Waals surface area contributed by atoms with Crippen LogP contribution in [-0.2, 0) is 9.31 Å². The van der Waals surface area contributed by atoms with E-state index in [0.717, 1.165) is 21.8 Å². The van der Waals surface area contributed by atoms with Gasteiger partial charge in [-0.05, 0) is 63.8 Å². The maximum atomic E-state index is 12.9. The van der Waals surface area contributed by atoms with E-state index in [0.29, 0.717) is 13.1 Å². The minimum Gasteiger partial charge on any atom is -0.399 e. The Bertz CT molecular complexity index is 811. The van der Waals surface area contributed by atoms with E-state index in [2.05, 4.69) is 0 Å². The van der Waals surface area contributed by atoms with Gasteiger partial charge in [0.25, 0.3) is 5.91 Å². The van der Waals surface area contributed by atoms with Crippen molar-refractivity contribution in [2.24, 2.45) is 0 Å². The quantitative estimate of drug-likeness (QED) is 0.788. The minimum absolute atomic E-state index is 0.0617. The fraction of sp³-hybridized carbons (Fsp3) is 0.476. The van der Waals surface area contributed by atoms with E-state index in [4.69, 9.17) is 9.31 Å². The third-order valence-electron chi connectivity index (χ3n) is 5.75. The average Bonchev–Trinajstić information content (AvgIpc) is 2.82. The zero-order chi connectivity index (χ0) is 19.1. The first kappa shape index (κ1) is 18.9. The van der Waals surface area contributed by atoms with Gasteiger partial charge in [-0.25, -0.2) is 0 Å². The Hall–Kier alpha value is -1.85. The summed E-state index contributed by atoms with van der Waals surface area (Å²) in [7, 11) is -0.442. The molecule has 0 unspecified atom stereocenters. The second kappa shape index (κ2) is 6.71. The summed E-state index contributed by atoms with van der Waals surface area (Å²) in [6, 6.07) is 11.9. The molecule has 0 atom stereocenters. The first-order valence-electron chi connectivity index (χ1n) is 9.38. The third-order valence-corrected chi connectivity index (χ3v) is 5.75. The fourth-order valence-corrected chi connectivity index (χ4v) is 3.37. The third kappa shape index (κ3) is 3.04. The topological polar surface area (TPSA) is 38.8 Å². The van der Waals surface area contributed by atoms with Gasteiger partial charge in [0.05, 0.1) is 11.2 Å². The van der Waals surface area contributed by atoms with Crippen LogP contribution in [0.2, 0.25) is 0 Å². The number of benzene rings is 2. The van der Waals surface area contributed by atoms with Crippen molar-refractivity contribution in [3.05, 3.63) is 42.0 Å². The molecule has 4 nitrogen and oxygen atoms in total. The Labute approximate surface area is 156 Å². The molecule has 0 radical (unpaired) electrons. The van der Waals surface area contributed by atoms with Crippen molar-refractivity contribution in [3.8, 4) is 0 Å². The van der Waals surface area contributed by atoms with Crippen molar-refractivity contribution in [2.45, 2.75) is 52.7 Å². The summed E-state index contributed by atoms with van der Waals surface area (Å²) >= 11 is 0. The van der Waals surface area contributed by atoms with E-state index in [1.807, 2.05) is 82.8 Å². The van der Waals surface area contributed by atoms with Crippen molar-refractivity contribution in [2.75, 3.05) is 13.1 Å². The summed E-state index contributed by atoms with van der Waals surface area (Å²) in [5.41, 5.74) is 0.906. The van der Waals surface area contributed by atoms with Gasteiger partial charge in [0.2, 0.25) is 0 Å². The maximum absolute atomic E-state index is 12.9. The average molecular weight is 353 g/mol. The molecule has 0 aliphatic carbocycles. The van der Waals surface area contributed by atoms with Gasteiger partial charge in [-0.2, -0.15) is 0 Å². The number of amides is 1. The first-order chi connectivity index (χ1) is 12.2. The second-order valence-electron chi connectivity index (χ2n) is 7.81. The minimum atomic E-state index is -0.442. The summed E-state index contributed by atoms with van der Waals surface area (Å²) < 4.78 is 12.5. The number of carbonyl (C=O) groups excluding carboxylic acids is 1. The SMILES string of the molecule is CCN(CC)C(=O)c1ccc(B2OC(C)(C)C(C)(C)O2)c2ccccc12. The molecule has 1 fully saturated rings. The monoisotopic (exact) mass is 353 g/mol. The largest absolute Gasteiger partial charge is 0.495 e. The molecule has 0 aromatic heterocycles. The van der Waals surface area contributed by atoms with Gasteiger partial charge in [0.1, 0.15) is 0 Å². The number of fused-ring (bicyclic) bond motifs is 1. The summed E-state index contributed by atoms with van der Waals surface area (Å²) in [5, 5.41) is 1.95. The van der Waals surface area contributed by atoms with Gasteiger partial charge >= 0.3 is 7.12 Å². The molecule has 1 aliphatic rings. The molecule has 0 N–H and O–H groups in total. The van der Waals surface area contributed by atoms with Crippen LogP contribution in [0.1, 0.15) is 51.9 Å².